The van der Waals surface area contributed by atoms with Crippen molar-refractivity contribution in [1.29, 1.82) is 0 Å². The molecule has 0 spiro atoms. The van der Waals surface area contributed by atoms with E-state index in [0.717, 1.165) is 41.8 Å². The molecule has 3 N–H and O–H groups in total. The van der Waals surface area contributed by atoms with Gasteiger partial charge in [-0.1, -0.05) is 28.1 Å². The summed E-state index contributed by atoms with van der Waals surface area (Å²) >= 11 is 8.52. The molecule has 3 nitrogen and oxygen atoms in total. The summed E-state index contributed by atoms with van der Waals surface area (Å²) in [5.74, 6) is 0. The van der Waals surface area contributed by atoms with E-state index in [2.05, 4.69) is 21.2 Å². The fourth-order valence-corrected chi connectivity index (χ4v) is 2.45. The monoisotopic (exact) mass is 314 g/mol. The predicted molar refractivity (Wildman–Crippen MR) is 77.5 cm³/mol. The highest BCUT2D eigenvalue weighted by atomic mass is 79.9. The third kappa shape index (κ3) is 3.40. The van der Waals surface area contributed by atoms with Gasteiger partial charge in [0, 0.05) is 35.0 Å². The first-order valence-corrected chi connectivity index (χ1v) is 6.80. The summed E-state index contributed by atoms with van der Waals surface area (Å²) in [5, 5.41) is 3.49. The molecular weight excluding hydrogens is 300 g/mol. The molecule has 1 saturated heterocycles. The first kappa shape index (κ1) is 12.8. The molecule has 1 aromatic carbocycles. The highest BCUT2D eigenvalue weighted by Crippen LogP contribution is 2.24. The molecule has 0 unspecified atom stereocenters. The number of nitrogens with one attached hydrogen (secondary N) is 1. The van der Waals surface area contributed by atoms with Crippen LogP contribution in [-0.2, 0) is 4.74 Å². The van der Waals surface area contributed by atoms with Crippen LogP contribution in [0.25, 0.3) is 0 Å². The fraction of sp³-hybridized carbons (Fsp3) is 0.417. The van der Waals surface area contributed by atoms with E-state index in [1.54, 1.807) is 0 Å². The molecule has 17 heavy (non-hydrogen) atoms. The molecule has 1 fully saturated rings. The second-order valence-corrected chi connectivity index (χ2v) is 5.44. The lowest BCUT2D eigenvalue weighted by molar-refractivity contribution is 0.0904. The van der Waals surface area contributed by atoms with Gasteiger partial charge >= 0.3 is 0 Å². The highest BCUT2D eigenvalue weighted by Gasteiger charge is 2.15. The van der Waals surface area contributed by atoms with Crippen molar-refractivity contribution in [3.05, 3.63) is 28.2 Å². The van der Waals surface area contributed by atoms with Gasteiger partial charge in [0.25, 0.3) is 0 Å². The smallest absolute Gasteiger partial charge is 0.106 e. The van der Waals surface area contributed by atoms with Gasteiger partial charge in [-0.25, -0.2) is 0 Å². The summed E-state index contributed by atoms with van der Waals surface area (Å²) in [7, 11) is 0. The minimum absolute atomic E-state index is 0.423. The first-order chi connectivity index (χ1) is 8.16. The minimum Gasteiger partial charge on any atom is -0.389 e. The van der Waals surface area contributed by atoms with Crippen LogP contribution in [0.1, 0.15) is 18.4 Å². The second-order valence-electron chi connectivity index (χ2n) is 4.09. The lowest BCUT2D eigenvalue weighted by Gasteiger charge is -2.25. The molecule has 1 aromatic rings. The van der Waals surface area contributed by atoms with E-state index in [0.29, 0.717) is 11.0 Å². The Morgan fingerprint density at radius 2 is 2.12 bits per heavy atom. The summed E-state index contributed by atoms with van der Waals surface area (Å²) < 4.78 is 6.36. The summed E-state index contributed by atoms with van der Waals surface area (Å²) in [4.78, 5) is 0.423. The second kappa shape index (κ2) is 5.80. The zero-order chi connectivity index (χ0) is 12.3. The van der Waals surface area contributed by atoms with Crippen molar-refractivity contribution in [3.8, 4) is 0 Å². The molecule has 0 radical (unpaired) electrons. The van der Waals surface area contributed by atoms with Crippen LogP contribution in [0.15, 0.2) is 22.7 Å². The van der Waals surface area contributed by atoms with Gasteiger partial charge in [0.05, 0.1) is 0 Å². The lowest BCUT2D eigenvalue weighted by atomic mass is 10.1. The Hall–Kier alpha value is -0.650. The molecule has 1 heterocycles. The van der Waals surface area contributed by atoms with E-state index in [-0.39, 0.29) is 0 Å². The van der Waals surface area contributed by atoms with Gasteiger partial charge in [0.2, 0.25) is 0 Å². The first-order valence-electron chi connectivity index (χ1n) is 5.60. The Kier molecular flexibility index (Phi) is 4.36. The standard InChI is InChI=1S/C12H15BrN2OS/c13-8-1-2-10(12(14)17)11(7-8)15-9-3-5-16-6-4-9/h1-2,7,9,15H,3-6H2,(H2,14,17). The molecule has 0 aromatic heterocycles. The number of halogens is 1. The lowest BCUT2D eigenvalue weighted by Crippen LogP contribution is -2.29. The van der Waals surface area contributed by atoms with Crippen LogP contribution in [0, 0.1) is 0 Å². The highest BCUT2D eigenvalue weighted by molar-refractivity contribution is 9.10. The summed E-state index contributed by atoms with van der Waals surface area (Å²) in [5.41, 5.74) is 7.62. The van der Waals surface area contributed by atoms with Crippen LogP contribution in [0.2, 0.25) is 0 Å². The van der Waals surface area contributed by atoms with E-state index in [9.17, 15) is 0 Å². The summed E-state index contributed by atoms with van der Waals surface area (Å²) in [6.07, 6.45) is 2.03. The zero-order valence-corrected chi connectivity index (χ0v) is 11.8. The van der Waals surface area contributed by atoms with Gasteiger partial charge in [-0.2, -0.15) is 0 Å². The van der Waals surface area contributed by atoms with Gasteiger partial charge in [0.15, 0.2) is 0 Å². The molecule has 0 saturated carbocycles. The molecule has 0 atom stereocenters. The number of benzene rings is 1. The molecular formula is C12H15BrN2OS. The van der Waals surface area contributed by atoms with E-state index in [1.165, 1.54) is 0 Å². The molecule has 92 valence electrons. The Morgan fingerprint density at radius 3 is 2.76 bits per heavy atom. The maximum absolute atomic E-state index is 5.72. The maximum atomic E-state index is 5.72. The minimum atomic E-state index is 0.423. The molecule has 1 aliphatic heterocycles. The largest absolute Gasteiger partial charge is 0.389 e. The number of hydrogen-bond acceptors (Lipinski definition) is 3. The van der Waals surface area contributed by atoms with E-state index < -0.39 is 0 Å². The SMILES string of the molecule is NC(=S)c1ccc(Br)cc1NC1CCOCC1. The van der Waals surface area contributed by atoms with Crippen molar-refractivity contribution in [3.63, 3.8) is 0 Å². The number of nitrogens with two attached hydrogens (primary N) is 1. The topological polar surface area (TPSA) is 47.3 Å². The molecule has 5 heteroatoms. The van der Waals surface area contributed by atoms with Crippen molar-refractivity contribution in [2.75, 3.05) is 18.5 Å². The fourth-order valence-electron chi connectivity index (χ4n) is 1.91. The average molecular weight is 315 g/mol. The summed E-state index contributed by atoms with van der Waals surface area (Å²) in [6.45, 7) is 1.63. The van der Waals surface area contributed by atoms with Crippen LogP contribution in [0.5, 0.6) is 0 Å². The maximum Gasteiger partial charge on any atom is 0.106 e. The molecule has 1 aliphatic rings. The Balaban J connectivity index is 2.17. The van der Waals surface area contributed by atoms with Crippen molar-refractivity contribution >= 4 is 38.8 Å². The third-order valence-corrected chi connectivity index (χ3v) is 3.54. The third-order valence-electron chi connectivity index (χ3n) is 2.83. The molecule has 0 amide bonds. The van der Waals surface area contributed by atoms with Gasteiger partial charge in [-0.15, -0.1) is 0 Å². The van der Waals surface area contributed by atoms with Gasteiger partial charge in [0.1, 0.15) is 4.99 Å². The van der Waals surface area contributed by atoms with Crippen LogP contribution >= 0.6 is 28.1 Å². The zero-order valence-electron chi connectivity index (χ0n) is 9.41. The van der Waals surface area contributed by atoms with E-state index in [1.807, 2.05) is 18.2 Å². The molecule has 0 aliphatic carbocycles. The normalized spacial score (nSPS) is 16.8. The van der Waals surface area contributed by atoms with Crippen molar-refractivity contribution < 1.29 is 4.74 Å². The molecule has 0 bridgehead atoms. The predicted octanol–water partition coefficient (Wildman–Crippen LogP) is 2.67. The number of ether oxygens (including phenoxy) is 1. The Bertz CT molecular complexity index is 419. The Morgan fingerprint density at radius 1 is 1.41 bits per heavy atom. The average Bonchev–Trinajstić information content (AvgIpc) is 2.30. The van der Waals surface area contributed by atoms with Crippen LogP contribution < -0.4 is 11.1 Å². The van der Waals surface area contributed by atoms with Crippen LogP contribution in [-0.4, -0.2) is 24.2 Å². The van der Waals surface area contributed by atoms with Crippen molar-refractivity contribution in [2.24, 2.45) is 5.73 Å². The van der Waals surface area contributed by atoms with Crippen molar-refractivity contribution in [1.82, 2.24) is 0 Å². The van der Waals surface area contributed by atoms with Crippen LogP contribution in [0.3, 0.4) is 0 Å². The van der Waals surface area contributed by atoms with Crippen LogP contribution in [0.4, 0.5) is 5.69 Å². The van der Waals surface area contributed by atoms with E-state index in [4.69, 9.17) is 22.7 Å². The van der Waals surface area contributed by atoms with Gasteiger partial charge in [-0.05, 0) is 31.0 Å². The van der Waals surface area contributed by atoms with Gasteiger partial charge < -0.3 is 15.8 Å². The number of hydrogen-bond donors (Lipinski definition) is 2. The quantitative estimate of drug-likeness (QED) is 0.842. The van der Waals surface area contributed by atoms with Crippen molar-refractivity contribution in [2.45, 2.75) is 18.9 Å². The molecule has 2 rings (SSSR count). The van der Waals surface area contributed by atoms with Gasteiger partial charge in [-0.3, -0.25) is 0 Å². The number of rotatable bonds is 3. The van der Waals surface area contributed by atoms with E-state index >= 15 is 0 Å². The number of thiocarbonyl (C=S) groups is 1. The summed E-state index contributed by atoms with van der Waals surface area (Å²) in [6, 6.07) is 6.34. The number of anilines is 1. The Labute approximate surface area is 115 Å².